The maximum atomic E-state index is 5.96. The molecule has 0 spiro atoms. The second kappa shape index (κ2) is 4.00. The van der Waals surface area contributed by atoms with Crippen LogP contribution in [0.1, 0.15) is 30.2 Å². The van der Waals surface area contributed by atoms with Gasteiger partial charge in [0.05, 0.1) is 17.3 Å². The lowest BCUT2D eigenvalue weighted by atomic mass is 9.92. The number of nitrogens with two attached hydrogens (primary N) is 1. The number of methoxy groups -OCH3 is 1. The number of ether oxygens (including phenoxy) is 1. The van der Waals surface area contributed by atoms with Crippen molar-refractivity contribution in [3.63, 3.8) is 0 Å². The van der Waals surface area contributed by atoms with E-state index in [-0.39, 0.29) is 6.10 Å². The third-order valence-corrected chi connectivity index (χ3v) is 3.50. The number of aromatic nitrogens is 1. The van der Waals surface area contributed by atoms with Crippen molar-refractivity contribution < 1.29 is 4.74 Å². The molecule has 1 aromatic heterocycles. The lowest BCUT2D eigenvalue weighted by Crippen LogP contribution is -2.13. The molecule has 17 heavy (non-hydrogen) atoms. The van der Waals surface area contributed by atoms with Crippen LogP contribution >= 0.6 is 0 Å². The van der Waals surface area contributed by atoms with E-state index in [1.165, 1.54) is 5.56 Å². The first kappa shape index (κ1) is 10.5. The van der Waals surface area contributed by atoms with Gasteiger partial charge in [0, 0.05) is 23.8 Å². The Labute approximate surface area is 101 Å². The van der Waals surface area contributed by atoms with Gasteiger partial charge in [0.1, 0.15) is 0 Å². The Hall–Kier alpha value is -1.61. The molecule has 1 aromatic carbocycles. The summed E-state index contributed by atoms with van der Waals surface area (Å²) < 4.78 is 5.53. The lowest BCUT2D eigenvalue weighted by Gasteiger charge is -2.24. The van der Waals surface area contributed by atoms with Gasteiger partial charge < -0.3 is 10.5 Å². The summed E-state index contributed by atoms with van der Waals surface area (Å²) in [5.74, 6) is 0. The van der Waals surface area contributed by atoms with Crippen LogP contribution < -0.4 is 5.73 Å². The fraction of sp³-hybridized carbons (Fsp3) is 0.357. The largest absolute Gasteiger partial charge is 0.397 e. The molecule has 88 valence electrons. The van der Waals surface area contributed by atoms with Crippen LogP contribution in [-0.2, 0) is 11.2 Å². The van der Waals surface area contributed by atoms with Gasteiger partial charge in [0.2, 0.25) is 0 Å². The maximum absolute atomic E-state index is 5.96. The summed E-state index contributed by atoms with van der Waals surface area (Å²) in [5.41, 5.74) is 10.0. The van der Waals surface area contributed by atoms with Crippen LogP contribution in [0, 0.1) is 0 Å². The number of fused-ring (bicyclic) bond motifs is 2. The Bertz CT molecular complexity index is 565. The molecular weight excluding hydrogens is 212 g/mol. The van der Waals surface area contributed by atoms with Crippen molar-refractivity contribution in [2.24, 2.45) is 0 Å². The fourth-order valence-electron chi connectivity index (χ4n) is 2.61. The minimum Gasteiger partial charge on any atom is -0.397 e. The molecule has 0 radical (unpaired) electrons. The van der Waals surface area contributed by atoms with Crippen molar-refractivity contribution in [2.45, 2.75) is 25.4 Å². The number of aryl methyl sites for hydroxylation is 1. The summed E-state index contributed by atoms with van der Waals surface area (Å²) >= 11 is 0. The zero-order valence-electron chi connectivity index (χ0n) is 9.94. The summed E-state index contributed by atoms with van der Waals surface area (Å²) in [6, 6.07) is 8.11. The molecule has 2 N–H and O–H groups in total. The van der Waals surface area contributed by atoms with Gasteiger partial charge in [-0.15, -0.1) is 0 Å². The molecule has 0 aliphatic heterocycles. The van der Waals surface area contributed by atoms with Crippen LogP contribution in [0.15, 0.2) is 24.3 Å². The molecule has 1 heterocycles. The molecule has 0 fully saturated rings. The van der Waals surface area contributed by atoms with Gasteiger partial charge in [-0.05, 0) is 31.4 Å². The third-order valence-electron chi connectivity index (χ3n) is 3.50. The first-order chi connectivity index (χ1) is 8.29. The van der Waals surface area contributed by atoms with Crippen LogP contribution in [0.4, 0.5) is 5.69 Å². The summed E-state index contributed by atoms with van der Waals surface area (Å²) in [6.45, 7) is 0. The molecule has 0 saturated carbocycles. The molecule has 3 heteroatoms. The van der Waals surface area contributed by atoms with Crippen LogP contribution in [0.25, 0.3) is 10.9 Å². The average Bonchev–Trinajstić information content (AvgIpc) is 2.36. The quantitative estimate of drug-likeness (QED) is 0.763. The highest BCUT2D eigenvalue weighted by Gasteiger charge is 2.21. The summed E-state index contributed by atoms with van der Waals surface area (Å²) in [7, 11) is 1.77. The Balaban J connectivity index is 2.25. The predicted octanol–water partition coefficient (Wildman–Crippen LogP) is 2.84. The second-order valence-electron chi connectivity index (χ2n) is 4.56. The van der Waals surface area contributed by atoms with Gasteiger partial charge in [0.25, 0.3) is 0 Å². The van der Waals surface area contributed by atoms with Gasteiger partial charge in [-0.25, -0.2) is 0 Å². The highest BCUT2D eigenvalue weighted by molar-refractivity contribution is 5.89. The van der Waals surface area contributed by atoms with E-state index in [9.17, 15) is 0 Å². The molecule has 0 amide bonds. The van der Waals surface area contributed by atoms with Gasteiger partial charge in [0.15, 0.2) is 0 Å². The highest BCUT2D eigenvalue weighted by Crippen LogP contribution is 2.34. The molecule has 1 unspecified atom stereocenters. The number of pyridine rings is 1. The van der Waals surface area contributed by atoms with E-state index in [4.69, 9.17) is 15.5 Å². The third kappa shape index (κ3) is 1.67. The van der Waals surface area contributed by atoms with E-state index in [0.29, 0.717) is 0 Å². The zero-order chi connectivity index (χ0) is 11.8. The summed E-state index contributed by atoms with van der Waals surface area (Å²) in [5, 5.41) is 1.10. The molecule has 1 aliphatic rings. The normalized spacial score (nSPS) is 19.2. The first-order valence-corrected chi connectivity index (χ1v) is 6.00. The standard InChI is InChI=1S/C14H16N2O/c1-17-13-7-3-6-12-10(13)8-9-4-2-5-11(15)14(9)16-12/h2,4-5,8,13H,3,6-7,15H2,1H3. The van der Waals surface area contributed by atoms with E-state index < -0.39 is 0 Å². The van der Waals surface area contributed by atoms with Crippen molar-refractivity contribution in [3.8, 4) is 0 Å². The SMILES string of the molecule is COC1CCCc2nc3c(N)cccc3cc21. The number of anilines is 1. The Morgan fingerprint density at radius 2 is 2.29 bits per heavy atom. The minimum absolute atomic E-state index is 0.192. The van der Waals surface area contributed by atoms with E-state index >= 15 is 0 Å². The number of hydrogen-bond acceptors (Lipinski definition) is 3. The molecular formula is C14H16N2O. The fourth-order valence-corrected chi connectivity index (χ4v) is 2.61. The van der Waals surface area contributed by atoms with E-state index in [0.717, 1.165) is 41.5 Å². The number of rotatable bonds is 1. The van der Waals surface area contributed by atoms with E-state index in [2.05, 4.69) is 12.1 Å². The molecule has 0 bridgehead atoms. The topological polar surface area (TPSA) is 48.1 Å². The lowest BCUT2D eigenvalue weighted by molar-refractivity contribution is 0.0876. The van der Waals surface area contributed by atoms with Crippen LogP contribution in [0.5, 0.6) is 0 Å². The first-order valence-electron chi connectivity index (χ1n) is 6.00. The van der Waals surface area contributed by atoms with Crippen LogP contribution in [-0.4, -0.2) is 12.1 Å². The molecule has 1 aliphatic carbocycles. The smallest absolute Gasteiger partial charge is 0.0934 e. The van der Waals surface area contributed by atoms with Gasteiger partial charge in [-0.2, -0.15) is 0 Å². The van der Waals surface area contributed by atoms with E-state index in [1.807, 2.05) is 12.1 Å². The Morgan fingerprint density at radius 3 is 3.12 bits per heavy atom. The van der Waals surface area contributed by atoms with Crippen molar-refractivity contribution in [1.29, 1.82) is 0 Å². The summed E-state index contributed by atoms with van der Waals surface area (Å²) in [6.07, 6.45) is 3.44. The number of para-hydroxylation sites is 1. The number of nitrogen functional groups attached to an aromatic ring is 1. The number of nitrogens with zero attached hydrogens (tertiary/aromatic N) is 1. The molecule has 3 nitrogen and oxygen atoms in total. The number of benzene rings is 1. The van der Waals surface area contributed by atoms with Crippen LogP contribution in [0.2, 0.25) is 0 Å². The van der Waals surface area contributed by atoms with Crippen molar-refractivity contribution in [3.05, 3.63) is 35.5 Å². The number of hydrogen-bond donors (Lipinski definition) is 1. The average molecular weight is 228 g/mol. The van der Waals surface area contributed by atoms with Gasteiger partial charge >= 0.3 is 0 Å². The molecule has 3 rings (SSSR count). The highest BCUT2D eigenvalue weighted by atomic mass is 16.5. The molecule has 0 saturated heterocycles. The monoisotopic (exact) mass is 228 g/mol. The predicted molar refractivity (Wildman–Crippen MR) is 68.8 cm³/mol. The van der Waals surface area contributed by atoms with E-state index in [1.54, 1.807) is 7.11 Å². The van der Waals surface area contributed by atoms with Gasteiger partial charge in [-0.1, -0.05) is 12.1 Å². The van der Waals surface area contributed by atoms with Crippen molar-refractivity contribution in [2.75, 3.05) is 12.8 Å². The maximum Gasteiger partial charge on any atom is 0.0934 e. The van der Waals surface area contributed by atoms with Crippen molar-refractivity contribution in [1.82, 2.24) is 4.98 Å². The van der Waals surface area contributed by atoms with Gasteiger partial charge in [-0.3, -0.25) is 4.98 Å². The van der Waals surface area contributed by atoms with Crippen molar-refractivity contribution >= 4 is 16.6 Å². The second-order valence-corrected chi connectivity index (χ2v) is 4.56. The Kier molecular flexibility index (Phi) is 2.48. The summed E-state index contributed by atoms with van der Waals surface area (Å²) in [4.78, 5) is 4.71. The molecule has 1 atom stereocenters. The van der Waals surface area contributed by atoms with Crippen LogP contribution in [0.3, 0.4) is 0 Å². The minimum atomic E-state index is 0.192. The Morgan fingerprint density at radius 1 is 1.41 bits per heavy atom. The zero-order valence-corrected chi connectivity index (χ0v) is 9.94. The molecule has 2 aromatic rings.